The zero-order chi connectivity index (χ0) is 9.47. The van der Waals surface area contributed by atoms with Gasteiger partial charge in [0.15, 0.2) is 0 Å². The molecule has 0 aliphatic heterocycles. The van der Waals surface area contributed by atoms with Crippen LogP contribution in [-0.2, 0) is 4.87 Å². The lowest BCUT2D eigenvalue weighted by molar-refractivity contribution is 0.586. The van der Waals surface area contributed by atoms with Crippen LogP contribution in [0.1, 0.15) is 25.3 Å². The second-order valence-corrected chi connectivity index (χ2v) is 5.56. The van der Waals surface area contributed by atoms with Crippen molar-refractivity contribution >= 4 is 27.5 Å². The standard InChI is InChI=1S/C11H12BrCl/c1-11(13,8-2-3-8)9-4-6-10(12)7-5-9/h4-8H,2-3H2,1H3/t11-/m1/s1. The highest BCUT2D eigenvalue weighted by molar-refractivity contribution is 9.10. The molecule has 70 valence electrons. The van der Waals surface area contributed by atoms with E-state index in [1.165, 1.54) is 18.4 Å². The molecule has 2 rings (SSSR count). The molecule has 1 atom stereocenters. The van der Waals surface area contributed by atoms with E-state index in [0.717, 1.165) is 4.47 Å². The van der Waals surface area contributed by atoms with Crippen LogP contribution in [0.4, 0.5) is 0 Å². The molecule has 1 aliphatic rings. The molecule has 0 nitrogen and oxygen atoms in total. The number of rotatable bonds is 2. The Morgan fingerprint density at radius 1 is 1.31 bits per heavy atom. The molecule has 0 radical (unpaired) electrons. The van der Waals surface area contributed by atoms with Crippen LogP contribution in [-0.4, -0.2) is 0 Å². The minimum Gasteiger partial charge on any atom is -0.114 e. The van der Waals surface area contributed by atoms with Gasteiger partial charge in [-0.3, -0.25) is 0 Å². The highest BCUT2D eigenvalue weighted by Crippen LogP contribution is 2.49. The fourth-order valence-corrected chi connectivity index (χ4v) is 2.25. The number of hydrogen-bond donors (Lipinski definition) is 0. The van der Waals surface area contributed by atoms with Crippen molar-refractivity contribution in [1.82, 2.24) is 0 Å². The summed E-state index contributed by atoms with van der Waals surface area (Å²) in [6, 6.07) is 8.32. The Labute approximate surface area is 92.4 Å². The Kier molecular flexibility index (Phi) is 2.41. The minimum absolute atomic E-state index is 0.152. The lowest BCUT2D eigenvalue weighted by Gasteiger charge is -2.22. The Balaban J connectivity index is 2.28. The maximum atomic E-state index is 6.50. The first-order valence-corrected chi connectivity index (χ1v) is 5.73. The molecule has 0 N–H and O–H groups in total. The van der Waals surface area contributed by atoms with Gasteiger partial charge in [-0.15, -0.1) is 11.6 Å². The van der Waals surface area contributed by atoms with Gasteiger partial charge in [0.2, 0.25) is 0 Å². The topological polar surface area (TPSA) is 0 Å². The normalized spacial score (nSPS) is 21.2. The van der Waals surface area contributed by atoms with Gasteiger partial charge in [0.25, 0.3) is 0 Å². The van der Waals surface area contributed by atoms with E-state index < -0.39 is 0 Å². The molecular weight excluding hydrogens is 247 g/mol. The summed E-state index contributed by atoms with van der Waals surface area (Å²) in [5, 5.41) is 0. The van der Waals surface area contributed by atoms with Crippen LogP contribution in [0.25, 0.3) is 0 Å². The number of alkyl halides is 1. The summed E-state index contributed by atoms with van der Waals surface area (Å²) >= 11 is 9.92. The molecule has 1 fully saturated rings. The molecule has 1 saturated carbocycles. The molecule has 0 saturated heterocycles. The predicted molar refractivity (Wildman–Crippen MR) is 60.1 cm³/mol. The third-order valence-electron chi connectivity index (χ3n) is 2.75. The third kappa shape index (κ3) is 1.92. The summed E-state index contributed by atoms with van der Waals surface area (Å²) in [5.41, 5.74) is 1.24. The summed E-state index contributed by atoms with van der Waals surface area (Å²) < 4.78 is 1.11. The van der Waals surface area contributed by atoms with Crippen LogP contribution in [0, 0.1) is 5.92 Å². The second kappa shape index (κ2) is 3.29. The third-order valence-corrected chi connectivity index (χ3v) is 3.81. The Hall–Kier alpha value is -0.0100. The smallest absolute Gasteiger partial charge is 0.0694 e. The molecule has 1 aromatic rings. The van der Waals surface area contributed by atoms with E-state index in [2.05, 4.69) is 47.1 Å². The van der Waals surface area contributed by atoms with E-state index in [1.807, 2.05) is 0 Å². The van der Waals surface area contributed by atoms with Gasteiger partial charge in [-0.1, -0.05) is 28.1 Å². The molecule has 1 aromatic carbocycles. The molecule has 0 aromatic heterocycles. The van der Waals surface area contributed by atoms with Gasteiger partial charge in [-0.05, 0) is 43.4 Å². The van der Waals surface area contributed by atoms with Crippen LogP contribution in [0.2, 0.25) is 0 Å². The fourth-order valence-electron chi connectivity index (χ4n) is 1.64. The van der Waals surface area contributed by atoms with Gasteiger partial charge in [0, 0.05) is 4.47 Å². The first-order valence-electron chi connectivity index (χ1n) is 4.55. The van der Waals surface area contributed by atoms with Crippen molar-refractivity contribution in [3.8, 4) is 0 Å². The van der Waals surface area contributed by atoms with E-state index in [1.54, 1.807) is 0 Å². The van der Waals surface area contributed by atoms with Gasteiger partial charge in [-0.2, -0.15) is 0 Å². The molecule has 0 bridgehead atoms. The number of hydrogen-bond acceptors (Lipinski definition) is 0. The highest BCUT2D eigenvalue weighted by Gasteiger charge is 2.41. The lowest BCUT2D eigenvalue weighted by atomic mass is 9.95. The molecule has 0 spiro atoms. The maximum absolute atomic E-state index is 6.50. The second-order valence-electron chi connectivity index (χ2n) is 3.86. The fraction of sp³-hybridized carbons (Fsp3) is 0.455. The quantitative estimate of drug-likeness (QED) is 0.694. The summed E-state index contributed by atoms with van der Waals surface area (Å²) in [7, 11) is 0. The molecule has 0 unspecified atom stereocenters. The van der Waals surface area contributed by atoms with E-state index in [9.17, 15) is 0 Å². The molecule has 2 heteroatoms. The molecule has 0 amide bonds. The van der Waals surface area contributed by atoms with E-state index >= 15 is 0 Å². The predicted octanol–water partition coefficient (Wildman–Crippen LogP) is 4.31. The summed E-state index contributed by atoms with van der Waals surface area (Å²) in [6.07, 6.45) is 2.55. The average molecular weight is 260 g/mol. The largest absolute Gasteiger partial charge is 0.114 e. The number of halogens is 2. The average Bonchev–Trinajstić information content (AvgIpc) is 2.87. The van der Waals surface area contributed by atoms with Crippen LogP contribution in [0.15, 0.2) is 28.7 Å². The Morgan fingerprint density at radius 3 is 2.31 bits per heavy atom. The maximum Gasteiger partial charge on any atom is 0.0694 e. The van der Waals surface area contributed by atoms with Crippen molar-refractivity contribution < 1.29 is 0 Å². The van der Waals surface area contributed by atoms with Crippen molar-refractivity contribution in [2.45, 2.75) is 24.6 Å². The van der Waals surface area contributed by atoms with Crippen LogP contribution in [0.3, 0.4) is 0 Å². The van der Waals surface area contributed by atoms with E-state index in [4.69, 9.17) is 11.6 Å². The lowest BCUT2D eigenvalue weighted by Crippen LogP contribution is -2.15. The van der Waals surface area contributed by atoms with Crippen molar-refractivity contribution in [3.05, 3.63) is 34.3 Å². The van der Waals surface area contributed by atoms with Crippen LogP contribution < -0.4 is 0 Å². The monoisotopic (exact) mass is 258 g/mol. The zero-order valence-corrected chi connectivity index (χ0v) is 9.90. The Bertz CT molecular complexity index is 298. The first-order chi connectivity index (χ1) is 6.10. The molecule has 13 heavy (non-hydrogen) atoms. The zero-order valence-electron chi connectivity index (χ0n) is 7.56. The van der Waals surface area contributed by atoms with Gasteiger partial charge >= 0.3 is 0 Å². The van der Waals surface area contributed by atoms with Crippen molar-refractivity contribution in [2.24, 2.45) is 5.92 Å². The summed E-state index contributed by atoms with van der Waals surface area (Å²) in [6.45, 7) is 2.12. The van der Waals surface area contributed by atoms with Gasteiger partial charge in [0.1, 0.15) is 0 Å². The van der Waals surface area contributed by atoms with Crippen LogP contribution in [0.5, 0.6) is 0 Å². The highest BCUT2D eigenvalue weighted by atomic mass is 79.9. The molecular formula is C11H12BrCl. The van der Waals surface area contributed by atoms with E-state index in [-0.39, 0.29) is 4.87 Å². The first kappa shape index (κ1) is 9.54. The van der Waals surface area contributed by atoms with Gasteiger partial charge in [-0.25, -0.2) is 0 Å². The van der Waals surface area contributed by atoms with E-state index in [0.29, 0.717) is 5.92 Å². The number of benzene rings is 1. The molecule has 1 aliphatic carbocycles. The van der Waals surface area contributed by atoms with Gasteiger partial charge < -0.3 is 0 Å². The SMILES string of the molecule is C[C@](Cl)(c1ccc(Br)cc1)C1CC1. The van der Waals surface area contributed by atoms with Crippen molar-refractivity contribution in [2.75, 3.05) is 0 Å². The van der Waals surface area contributed by atoms with Crippen LogP contribution >= 0.6 is 27.5 Å². The minimum atomic E-state index is -0.152. The Morgan fingerprint density at radius 2 is 1.85 bits per heavy atom. The van der Waals surface area contributed by atoms with Crippen molar-refractivity contribution in [3.63, 3.8) is 0 Å². The summed E-state index contributed by atoms with van der Waals surface area (Å²) in [5.74, 6) is 0.676. The van der Waals surface area contributed by atoms with Gasteiger partial charge in [0.05, 0.1) is 4.87 Å². The van der Waals surface area contributed by atoms with Crippen molar-refractivity contribution in [1.29, 1.82) is 0 Å². The molecule has 0 heterocycles. The summed E-state index contributed by atoms with van der Waals surface area (Å²) in [4.78, 5) is -0.152.